The molecule has 2 heteroatoms. The number of hydrogen-bond acceptors (Lipinski definition) is 1. The summed E-state index contributed by atoms with van der Waals surface area (Å²) in [6.45, 7) is 6.97. The van der Waals surface area contributed by atoms with Crippen molar-refractivity contribution in [3.8, 4) is 0 Å². The second kappa shape index (κ2) is 7.05. The van der Waals surface area contributed by atoms with E-state index in [0.717, 1.165) is 18.4 Å². The molecule has 0 spiro atoms. The molecular weight excluding hydrogens is 304 g/mol. The molecule has 2 heterocycles. The van der Waals surface area contributed by atoms with Crippen molar-refractivity contribution in [1.29, 1.82) is 0 Å². The number of aromatic amines is 1. The fourth-order valence-corrected chi connectivity index (χ4v) is 4.37. The highest BCUT2D eigenvalue weighted by atomic mass is 15.2. The minimum atomic E-state index is 0. The highest BCUT2D eigenvalue weighted by molar-refractivity contribution is 5.82. The smallest absolute Gasteiger partial charge is 0.0457 e. The SMILES string of the molecule is CC(C)C1CCN(Cc2cccc3[nH]ccc23)C(c2ccccc2)C1.[HH]. The van der Waals surface area contributed by atoms with Crippen LogP contribution in [0.1, 0.15) is 45.3 Å². The predicted molar refractivity (Wildman–Crippen MR) is 108 cm³/mol. The summed E-state index contributed by atoms with van der Waals surface area (Å²) in [6.07, 6.45) is 4.63. The summed E-state index contributed by atoms with van der Waals surface area (Å²) >= 11 is 0. The van der Waals surface area contributed by atoms with E-state index in [1.54, 1.807) is 0 Å². The van der Waals surface area contributed by atoms with Crippen molar-refractivity contribution < 1.29 is 1.43 Å². The number of fused-ring (bicyclic) bond motifs is 1. The minimum absolute atomic E-state index is 0. The Morgan fingerprint density at radius 3 is 2.72 bits per heavy atom. The van der Waals surface area contributed by atoms with E-state index in [1.807, 2.05) is 6.20 Å². The number of nitrogens with one attached hydrogen (secondary N) is 1. The van der Waals surface area contributed by atoms with Crippen molar-refractivity contribution in [2.45, 2.75) is 39.3 Å². The first-order valence-corrected chi connectivity index (χ1v) is 9.56. The molecule has 25 heavy (non-hydrogen) atoms. The van der Waals surface area contributed by atoms with Gasteiger partial charge in [0.1, 0.15) is 0 Å². The molecule has 2 nitrogen and oxygen atoms in total. The highest BCUT2D eigenvalue weighted by Crippen LogP contribution is 2.38. The van der Waals surface area contributed by atoms with E-state index < -0.39 is 0 Å². The van der Waals surface area contributed by atoms with Crippen molar-refractivity contribution in [2.24, 2.45) is 11.8 Å². The molecule has 0 amide bonds. The van der Waals surface area contributed by atoms with Crippen molar-refractivity contribution in [3.05, 3.63) is 71.9 Å². The number of nitrogens with zero attached hydrogens (tertiary/aromatic N) is 1. The fraction of sp³-hybridized carbons (Fsp3) is 0.391. The van der Waals surface area contributed by atoms with Gasteiger partial charge in [0.15, 0.2) is 0 Å². The number of rotatable bonds is 4. The zero-order valence-corrected chi connectivity index (χ0v) is 15.3. The van der Waals surface area contributed by atoms with Gasteiger partial charge in [-0.05, 0) is 54.5 Å². The van der Waals surface area contributed by atoms with Gasteiger partial charge in [0.2, 0.25) is 0 Å². The molecule has 4 rings (SSSR count). The fourth-order valence-electron chi connectivity index (χ4n) is 4.37. The van der Waals surface area contributed by atoms with E-state index >= 15 is 0 Å². The molecule has 1 aliphatic heterocycles. The van der Waals surface area contributed by atoms with Gasteiger partial charge in [-0.15, -0.1) is 0 Å². The monoisotopic (exact) mass is 334 g/mol. The predicted octanol–water partition coefficient (Wildman–Crippen LogP) is 6.02. The molecule has 2 atom stereocenters. The van der Waals surface area contributed by atoms with Crippen molar-refractivity contribution in [3.63, 3.8) is 0 Å². The van der Waals surface area contributed by atoms with Gasteiger partial charge in [-0.3, -0.25) is 4.90 Å². The number of hydrogen-bond donors (Lipinski definition) is 1. The lowest BCUT2D eigenvalue weighted by Gasteiger charge is -2.41. The molecular formula is C23H30N2. The van der Waals surface area contributed by atoms with Gasteiger partial charge in [-0.25, -0.2) is 0 Å². The Labute approximate surface area is 152 Å². The lowest BCUT2D eigenvalue weighted by atomic mass is 9.80. The maximum atomic E-state index is 3.34. The van der Waals surface area contributed by atoms with E-state index in [1.165, 1.54) is 41.4 Å². The maximum absolute atomic E-state index is 3.34. The molecule has 2 unspecified atom stereocenters. The van der Waals surface area contributed by atoms with Crippen LogP contribution in [0.5, 0.6) is 0 Å². The second-order valence-electron chi connectivity index (χ2n) is 7.78. The Hall–Kier alpha value is -2.06. The third kappa shape index (κ3) is 3.36. The summed E-state index contributed by atoms with van der Waals surface area (Å²) in [5.74, 6) is 1.59. The topological polar surface area (TPSA) is 19.0 Å². The van der Waals surface area contributed by atoms with Crippen molar-refractivity contribution in [2.75, 3.05) is 6.54 Å². The Morgan fingerprint density at radius 1 is 1.08 bits per heavy atom. The second-order valence-corrected chi connectivity index (χ2v) is 7.78. The standard InChI is InChI=1S/C23H28N2.H2/c1-17(2)19-12-14-25(23(15-19)18-7-4-3-5-8-18)16-20-9-6-10-22-21(20)11-13-24-22;/h3-11,13,17,19,23-24H,12,14-16H2,1-2H3;1H. The molecule has 3 aromatic rings. The van der Waals surface area contributed by atoms with E-state index in [-0.39, 0.29) is 1.43 Å². The molecule has 2 aromatic carbocycles. The number of piperidine rings is 1. The molecule has 1 saturated heterocycles. The quantitative estimate of drug-likeness (QED) is 0.618. The maximum Gasteiger partial charge on any atom is 0.0457 e. The van der Waals surface area contributed by atoms with E-state index in [4.69, 9.17) is 0 Å². The molecule has 132 valence electrons. The normalized spacial score (nSPS) is 21.9. The Balaban J connectivity index is 0.00000196. The molecule has 0 saturated carbocycles. The molecule has 1 aliphatic rings. The van der Waals surface area contributed by atoms with Gasteiger partial charge in [0.25, 0.3) is 0 Å². The number of likely N-dealkylation sites (tertiary alicyclic amines) is 1. The summed E-state index contributed by atoms with van der Waals surface area (Å²) in [5, 5.41) is 1.36. The van der Waals surface area contributed by atoms with E-state index in [9.17, 15) is 0 Å². The highest BCUT2D eigenvalue weighted by Gasteiger charge is 2.31. The summed E-state index contributed by atoms with van der Waals surface area (Å²) < 4.78 is 0. The van der Waals surface area contributed by atoms with Crippen LogP contribution in [-0.4, -0.2) is 16.4 Å². The lowest BCUT2D eigenvalue weighted by molar-refractivity contribution is 0.0864. The van der Waals surface area contributed by atoms with Gasteiger partial charge in [0, 0.05) is 31.1 Å². The summed E-state index contributed by atoms with van der Waals surface area (Å²) in [6, 6.07) is 20.4. The van der Waals surface area contributed by atoms with Crippen LogP contribution in [0, 0.1) is 11.8 Å². The average Bonchev–Trinajstić information content (AvgIpc) is 3.12. The summed E-state index contributed by atoms with van der Waals surface area (Å²) in [4.78, 5) is 6.03. The summed E-state index contributed by atoms with van der Waals surface area (Å²) in [5.41, 5.74) is 4.14. The van der Waals surface area contributed by atoms with Crippen LogP contribution in [0.2, 0.25) is 0 Å². The number of aromatic nitrogens is 1. The Morgan fingerprint density at radius 2 is 1.92 bits per heavy atom. The molecule has 0 bridgehead atoms. The van der Waals surface area contributed by atoms with Gasteiger partial charge < -0.3 is 4.98 Å². The van der Waals surface area contributed by atoms with Crippen LogP contribution < -0.4 is 0 Å². The van der Waals surface area contributed by atoms with Gasteiger partial charge in [0.05, 0.1) is 0 Å². The lowest BCUT2D eigenvalue weighted by Crippen LogP contribution is -2.37. The van der Waals surface area contributed by atoms with Gasteiger partial charge >= 0.3 is 0 Å². The summed E-state index contributed by atoms with van der Waals surface area (Å²) in [7, 11) is 0. The first-order chi connectivity index (χ1) is 12.2. The molecule has 1 N–H and O–H groups in total. The molecule has 1 aromatic heterocycles. The number of H-pyrrole nitrogens is 1. The van der Waals surface area contributed by atoms with Crippen LogP contribution >= 0.6 is 0 Å². The van der Waals surface area contributed by atoms with Crippen LogP contribution in [0.3, 0.4) is 0 Å². The van der Waals surface area contributed by atoms with E-state index in [2.05, 4.69) is 78.3 Å². The average molecular weight is 335 g/mol. The Kier molecular flexibility index (Phi) is 4.63. The molecule has 0 aliphatic carbocycles. The van der Waals surface area contributed by atoms with Crippen LogP contribution in [0.4, 0.5) is 0 Å². The third-order valence-corrected chi connectivity index (χ3v) is 5.94. The van der Waals surface area contributed by atoms with Crippen LogP contribution in [-0.2, 0) is 6.54 Å². The first kappa shape index (κ1) is 16.4. The van der Waals surface area contributed by atoms with Crippen LogP contribution in [0.25, 0.3) is 10.9 Å². The van der Waals surface area contributed by atoms with Crippen molar-refractivity contribution in [1.82, 2.24) is 9.88 Å². The van der Waals surface area contributed by atoms with Crippen LogP contribution in [0.15, 0.2) is 60.8 Å². The minimum Gasteiger partial charge on any atom is -0.361 e. The van der Waals surface area contributed by atoms with Gasteiger partial charge in [-0.1, -0.05) is 56.3 Å². The number of benzene rings is 2. The molecule has 1 fully saturated rings. The molecule has 0 radical (unpaired) electrons. The van der Waals surface area contributed by atoms with Gasteiger partial charge in [-0.2, -0.15) is 0 Å². The largest absolute Gasteiger partial charge is 0.361 e. The zero-order valence-electron chi connectivity index (χ0n) is 15.3. The van der Waals surface area contributed by atoms with Crippen molar-refractivity contribution >= 4 is 10.9 Å². The third-order valence-electron chi connectivity index (χ3n) is 5.94. The zero-order chi connectivity index (χ0) is 17.2. The first-order valence-electron chi connectivity index (χ1n) is 9.56. The van der Waals surface area contributed by atoms with E-state index in [0.29, 0.717) is 6.04 Å². The Bertz CT molecular complexity index is 824.